The monoisotopic (exact) mass is 305 g/mol. The summed E-state index contributed by atoms with van der Waals surface area (Å²) >= 11 is 0. The Morgan fingerprint density at radius 3 is 2.10 bits per heavy atom. The van der Waals surface area contributed by atoms with Crippen LogP contribution in [-0.4, -0.2) is 26.0 Å². The van der Waals surface area contributed by atoms with Crippen molar-refractivity contribution in [2.75, 3.05) is 0 Å². The number of hydrogen-bond acceptors (Lipinski definition) is 3. The van der Waals surface area contributed by atoms with E-state index in [0.717, 1.165) is 0 Å². The van der Waals surface area contributed by atoms with Crippen molar-refractivity contribution in [3.63, 3.8) is 0 Å². The summed E-state index contributed by atoms with van der Waals surface area (Å²) in [5, 5.41) is 17.5. The van der Waals surface area contributed by atoms with Crippen LogP contribution in [0.15, 0.2) is 0 Å². The normalized spacial score (nSPS) is 24.3. The van der Waals surface area contributed by atoms with E-state index in [0.29, 0.717) is 24.5 Å². The van der Waals surface area contributed by atoms with Crippen molar-refractivity contribution in [2.45, 2.75) is 70.7 Å². The fraction of sp³-hybridized carbons (Fsp3) is 0.857. The fourth-order valence-electron chi connectivity index (χ4n) is 3.11. The third-order valence-electron chi connectivity index (χ3n) is 4.12. The molecule has 0 amide bonds. The SMILES string of the molecule is CC(C)(C)n1c(CO)nnc1C1CCC(C(F)(F)F)CC1. The minimum Gasteiger partial charge on any atom is -0.388 e. The Morgan fingerprint density at radius 1 is 1.10 bits per heavy atom. The average molecular weight is 305 g/mol. The van der Waals surface area contributed by atoms with Gasteiger partial charge < -0.3 is 9.67 Å². The second-order valence-corrected chi connectivity index (χ2v) is 6.73. The molecule has 0 bridgehead atoms. The lowest BCUT2D eigenvalue weighted by Gasteiger charge is -2.32. The van der Waals surface area contributed by atoms with Crippen LogP contribution in [0.25, 0.3) is 0 Å². The van der Waals surface area contributed by atoms with Crippen molar-refractivity contribution in [3.05, 3.63) is 11.6 Å². The second kappa shape index (κ2) is 5.59. The predicted molar refractivity (Wildman–Crippen MR) is 71.7 cm³/mol. The molecule has 1 aliphatic carbocycles. The van der Waals surface area contributed by atoms with Crippen molar-refractivity contribution in [2.24, 2.45) is 5.92 Å². The van der Waals surface area contributed by atoms with Gasteiger partial charge in [0.15, 0.2) is 5.82 Å². The number of aliphatic hydroxyl groups is 1. The van der Waals surface area contributed by atoms with Crippen molar-refractivity contribution < 1.29 is 18.3 Å². The first-order chi connectivity index (χ1) is 9.64. The van der Waals surface area contributed by atoms with E-state index in [4.69, 9.17) is 0 Å². The van der Waals surface area contributed by atoms with Gasteiger partial charge in [0.25, 0.3) is 0 Å². The lowest BCUT2D eigenvalue weighted by atomic mass is 9.81. The van der Waals surface area contributed by atoms with E-state index in [2.05, 4.69) is 10.2 Å². The summed E-state index contributed by atoms with van der Waals surface area (Å²) in [5.74, 6) is -0.0460. The Morgan fingerprint density at radius 2 is 1.67 bits per heavy atom. The molecule has 1 aliphatic rings. The largest absolute Gasteiger partial charge is 0.391 e. The first-order valence-corrected chi connectivity index (χ1v) is 7.27. The summed E-state index contributed by atoms with van der Waals surface area (Å²) in [6.07, 6.45) is -2.90. The van der Waals surface area contributed by atoms with E-state index in [1.54, 1.807) is 0 Å². The molecule has 21 heavy (non-hydrogen) atoms. The van der Waals surface area contributed by atoms with Crippen LogP contribution in [0.2, 0.25) is 0 Å². The predicted octanol–water partition coefficient (Wildman–Crippen LogP) is 3.36. The van der Waals surface area contributed by atoms with Crippen LogP contribution in [0.4, 0.5) is 13.2 Å². The van der Waals surface area contributed by atoms with Crippen molar-refractivity contribution in [1.82, 2.24) is 14.8 Å². The van der Waals surface area contributed by atoms with Crippen LogP contribution in [0, 0.1) is 5.92 Å². The highest BCUT2D eigenvalue weighted by Crippen LogP contribution is 2.43. The van der Waals surface area contributed by atoms with E-state index in [-0.39, 0.29) is 30.9 Å². The molecule has 1 aromatic heterocycles. The quantitative estimate of drug-likeness (QED) is 0.911. The van der Waals surface area contributed by atoms with Gasteiger partial charge >= 0.3 is 6.18 Å². The van der Waals surface area contributed by atoms with Gasteiger partial charge in [0.1, 0.15) is 12.4 Å². The van der Waals surface area contributed by atoms with Gasteiger partial charge in [0.2, 0.25) is 0 Å². The summed E-state index contributed by atoms with van der Waals surface area (Å²) in [7, 11) is 0. The molecule has 0 radical (unpaired) electrons. The van der Waals surface area contributed by atoms with Crippen LogP contribution in [0.5, 0.6) is 0 Å². The first-order valence-electron chi connectivity index (χ1n) is 7.27. The molecule has 1 aromatic rings. The number of nitrogens with zero attached hydrogens (tertiary/aromatic N) is 3. The van der Waals surface area contributed by atoms with Gasteiger partial charge in [0.05, 0.1) is 5.92 Å². The molecule has 1 saturated carbocycles. The molecule has 7 heteroatoms. The van der Waals surface area contributed by atoms with Crippen LogP contribution in [-0.2, 0) is 12.1 Å². The number of aromatic nitrogens is 3. The molecule has 0 unspecified atom stereocenters. The molecule has 0 atom stereocenters. The molecule has 1 N–H and O–H groups in total. The van der Waals surface area contributed by atoms with Crippen LogP contribution in [0.3, 0.4) is 0 Å². The maximum absolute atomic E-state index is 12.7. The minimum atomic E-state index is -4.10. The van der Waals surface area contributed by atoms with Crippen LogP contribution >= 0.6 is 0 Å². The van der Waals surface area contributed by atoms with Crippen molar-refractivity contribution >= 4 is 0 Å². The number of hydrogen-bond donors (Lipinski definition) is 1. The summed E-state index contributed by atoms with van der Waals surface area (Å²) in [5.41, 5.74) is -0.308. The summed E-state index contributed by atoms with van der Waals surface area (Å²) in [6, 6.07) is 0. The molecule has 2 rings (SSSR count). The van der Waals surface area contributed by atoms with Gasteiger partial charge in [-0.2, -0.15) is 13.2 Å². The Bertz CT molecular complexity index is 483. The van der Waals surface area contributed by atoms with E-state index in [1.807, 2.05) is 25.3 Å². The van der Waals surface area contributed by atoms with E-state index in [1.165, 1.54) is 0 Å². The molecule has 1 fully saturated rings. The second-order valence-electron chi connectivity index (χ2n) is 6.73. The number of aliphatic hydroxyl groups excluding tert-OH is 1. The van der Waals surface area contributed by atoms with E-state index >= 15 is 0 Å². The average Bonchev–Trinajstić information content (AvgIpc) is 2.81. The molecule has 1 heterocycles. The summed E-state index contributed by atoms with van der Waals surface area (Å²) in [6.45, 7) is 5.70. The van der Waals surface area contributed by atoms with Crippen LogP contribution < -0.4 is 0 Å². The highest BCUT2D eigenvalue weighted by molar-refractivity contribution is 5.07. The van der Waals surface area contributed by atoms with Crippen molar-refractivity contribution in [1.29, 1.82) is 0 Å². The molecular formula is C14H22F3N3O. The molecule has 0 aromatic carbocycles. The van der Waals surface area contributed by atoms with Gasteiger partial charge in [-0.3, -0.25) is 0 Å². The summed E-state index contributed by atoms with van der Waals surface area (Å²) < 4.78 is 40.1. The summed E-state index contributed by atoms with van der Waals surface area (Å²) in [4.78, 5) is 0. The standard InChI is InChI=1S/C14H22F3N3O/c1-13(2,3)20-11(8-21)18-19-12(20)9-4-6-10(7-5-9)14(15,16)17/h9-10,21H,4-8H2,1-3H3. The maximum atomic E-state index is 12.7. The Hall–Kier alpha value is -1.11. The van der Waals surface area contributed by atoms with Gasteiger partial charge in [0, 0.05) is 11.5 Å². The van der Waals surface area contributed by atoms with E-state index in [9.17, 15) is 18.3 Å². The lowest BCUT2D eigenvalue weighted by molar-refractivity contribution is -0.182. The lowest BCUT2D eigenvalue weighted by Crippen LogP contribution is -2.31. The van der Waals surface area contributed by atoms with Gasteiger partial charge in [-0.15, -0.1) is 10.2 Å². The number of rotatable bonds is 2. The molecule has 120 valence electrons. The smallest absolute Gasteiger partial charge is 0.388 e. The zero-order valence-electron chi connectivity index (χ0n) is 12.6. The van der Waals surface area contributed by atoms with Gasteiger partial charge in [-0.05, 0) is 46.5 Å². The highest BCUT2D eigenvalue weighted by atomic mass is 19.4. The van der Waals surface area contributed by atoms with Gasteiger partial charge in [-0.1, -0.05) is 0 Å². The minimum absolute atomic E-state index is 0.0179. The molecule has 0 saturated heterocycles. The fourth-order valence-corrected chi connectivity index (χ4v) is 3.11. The molecule has 0 spiro atoms. The zero-order valence-corrected chi connectivity index (χ0v) is 12.6. The van der Waals surface area contributed by atoms with Crippen molar-refractivity contribution in [3.8, 4) is 0 Å². The molecular weight excluding hydrogens is 283 g/mol. The third-order valence-corrected chi connectivity index (χ3v) is 4.12. The van der Waals surface area contributed by atoms with Crippen LogP contribution in [0.1, 0.15) is 64.0 Å². The number of halogens is 3. The van der Waals surface area contributed by atoms with Gasteiger partial charge in [-0.25, -0.2) is 0 Å². The Balaban J connectivity index is 2.20. The first kappa shape index (κ1) is 16.3. The molecule has 0 aliphatic heterocycles. The zero-order chi connectivity index (χ0) is 15.8. The van der Waals surface area contributed by atoms with E-state index < -0.39 is 12.1 Å². The topological polar surface area (TPSA) is 50.9 Å². The highest BCUT2D eigenvalue weighted by Gasteiger charge is 2.42. The Labute approximate surface area is 122 Å². The third kappa shape index (κ3) is 3.39. The molecule has 4 nitrogen and oxygen atoms in total. The number of alkyl halides is 3. The Kier molecular flexibility index (Phi) is 4.33. The maximum Gasteiger partial charge on any atom is 0.391 e.